The Labute approximate surface area is 116 Å². The Balaban J connectivity index is 0.00000180. The molecule has 100 valence electrons. The molecule has 0 spiro atoms. The summed E-state index contributed by atoms with van der Waals surface area (Å²) in [5.41, 5.74) is 6.64. The Morgan fingerprint density at radius 1 is 1.21 bits per heavy atom. The van der Waals surface area contributed by atoms with Crippen molar-refractivity contribution in [2.24, 2.45) is 0 Å². The second-order valence-electron chi connectivity index (χ2n) is 3.92. The predicted octanol–water partition coefficient (Wildman–Crippen LogP) is 1.37. The van der Waals surface area contributed by atoms with Crippen LogP contribution in [0.1, 0.15) is 21.6 Å². The lowest BCUT2D eigenvalue weighted by Crippen LogP contribution is -2.20. The standard InChI is InChI=1S/C13H13N3O2.ClH/c14-13-15-11(8-17)10(12(18)16-13)7-6-9-4-2-1-3-5-9;/h1-5,8H,6-7H2,(H3,14,15,16,18);1H. The second-order valence-corrected chi connectivity index (χ2v) is 3.92. The summed E-state index contributed by atoms with van der Waals surface area (Å²) in [6.45, 7) is 0. The summed E-state index contributed by atoms with van der Waals surface area (Å²) in [4.78, 5) is 28.8. The molecule has 2 aromatic rings. The lowest BCUT2D eigenvalue weighted by Gasteiger charge is -2.04. The SMILES string of the molecule is Cl.Nc1nc(C=O)c(CCc2ccccc2)c(=O)[nH]1. The van der Waals surface area contributed by atoms with Gasteiger partial charge in [-0.3, -0.25) is 14.6 Å². The summed E-state index contributed by atoms with van der Waals surface area (Å²) in [7, 11) is 0. The van der Waals surface area contributed by atoms with Crippen LogP contribution in [-0.2, 0) is 12.8 Å². The predicted molar refractivity (Wildman–Crippen MR) is 75.8 cm³/mol. The topological polar surface area (TPSA) is 88.8 Å². The summed E-state index contributed by atoms with van der Waals surface area (Å²) in [6.07, 6.45) is 1.70. The molecule has 0 saturated heterocycles. The van der Waals surface area contributed by atoms with E-state index in [-0.39, 0.29) is 29.6 Å². The van der Waals surface area contributed by atoms with Crippen LogP contribution in [0, 0.1) is 0 Å². The Hall–Kier alpha value is -2.14. The smallest absolute Gasteiger partial charge is 0.256 e. The zero-order valence-electron chi connectivity index (χ0n) is 10.1. The first kappa shape index (κ1) is 14.9. The molecular weight excluding hydrogens is 266 g/mol. The number of H-pyrrole nitrogens is 1. The minimum atomic E-state index is -0.347. The molecular formula is C13H14ClN3O2. The van der Waals surface area contributed by atoms with E-state index in [1.54, 1.807) is 0 Å². The van der Waals surface area contributed by atoms with Gasteiger partial charge in [-0.05, 0) is 18.4 Å². The van der Waals surface area contributed by atoms with E-state index in [2.05, 4.69) is 9.97 Å². The Bertz CT molecular complexity index is 611. The maximum atomic E-state index is 11.7. The highest BCUT2D eigenvalue weighted by Crippen LogP contribution is 2.06. The van der Waals surface area contributed by atoms with Gasteiger partial charge in [-0.2, -0.15) is 0 Å². The van der Waals surface area contributed by atoms with Crippen molar-refractivity contribution < 1.29 is 4.79 Å². The minimum Gasteiger partial charge on any atom is -0.369 e. The highest BCUT2D eigenvalue weighted by atomic mass is 35.5. The van der Waals surface area contributed by atoms with Crippen LogP contribution in [0.2, 0.25) is 0 Å². The first-order valence-corrected chi connectivity index (χ1v) is 5.58. The van der Waals surface area contributed by atoms with E-state index in [0.717, 1.165) is 5.56 Å². The monoisotopic (exact) mass is 279 g/mol. The normalized spacial score (nSPS) is 9.68. The number of nitrogens with one attached hydrogen (secondary N) is 1. The average molecular weight is 280 g/mol. The second kappa shape index (κ2) is 6.70. The van der Waals surface area contributed by atoms with E-state index in [1.165, 1.54) is 0 Å². The number of carbonyl (C=O) groups is 1. The summed E-state index contributed by atoms with van der Waals surface area (Å²) in [5, 5.41) is 0. The van der Waals surface area contributed by atoms with E-state index < -0.39 is 0 Å². The van der Waals surface area contributed by atoms with Crippen molar-refractivity contribution in [3.05, 3.63) is 57.5 Å². The van der Waals surface area contributed by atoms with Crippen LogP contribution in [0.5, 0.6) is 0 Å². The van der Waals surface area contributed by atoms with Crippen LogP contribution in [-0.4, -0.2) is 16.3 Å². The van der Waals surface area contributed by atoms with Crippen molar-refractivity contribution in [3.63, 3.8) is 0 Å². The third-order valence-corrected chi connectivity index (χ3v) is 2.68. The summed E-state index contributed by atoms with van der Waals surface area (Å²) < 4.78 is 0. The highest BCUT2D eigenvalue weighted by molar-refractivity contribution is 5.85. The summed E-state index contributed by atoms with van der Waals surface area (Å²) >= 11 is 0. The van der Waals surface area contributed by atoms with Crippen molar-refractivity contribution in [2.45, 2.75) is 12.8 Å². The number of nitrogen functional groups attached to an aromatic ring is 1. The number of carbonyl (C=O) groups excluding carboxylic acids is 1. The molecule has 0 aliphatic rings. The molecule has 0 amide bonds. The third-order valence-electron chi connectivity index (χ3n) is 2.68. The number of aromatic amines is 1. The molecule has 0 bridgehead atoms. The molecule has 0 saturated carbocycles. The molecule has 0 radical (unpaired) electrons. The number of aryl methyl sites for hydroxylation is 1. The van der Waals surface area contributed by atoms with E-state index in [4.69, 9.17) is 5.73 Å². The molecule has 1 aromatic heterocycles. The molecule has 5 nitrogen and oxygen atoms in total. The number of halogens is 1. The summed E-state index contributed by atoms with van der Waals surface area (Å²) in [6, 6.07) is 9.74. The Morgan fingerprint density at radius 2 is 1.89 bits per heavy atom. The third kappa shape index (κ3) is 3.66. The molecule has 1 heterocycles. The van der Waals surface area contributed by atoms with Crippen molar-refractivity contribution >= 4 is 24.6 Å². The maximum Gasteiger partial charge on any atom is 0.256 e. The van der Waals surface area contributed by atoms with Gasteiger partial charge in [-0.15, -0.1) is 12.4 Å². The number of benzene rings is 1. The number of hydrogen-bond acceptors (Lipinski definition) is 4. The molecule has 0 fully saturated rings. The van der Waals surface area contributed by atoms with Crippen LogP contribution in [0.4, 0.5) is 5.95 Å². The average Bonchev–Trinajstić information content (AvgIpc) is 2.38. The summed E-state index contributed by atoms with van der Waals surface area (Å²) in [5.74, 6) is -0.0365. The molecule has 2 rings (SSSR count). The van der Waals surface area contributed by atoms with Crippen LogP contribution >= 0.6 is 12.4 Å². The number of rotatable bonds is 4. The molecule has 3 N–H and O–H groups in total. The molecule has 6 heteroatoms. The lowest BCUT2D eigenvalue weighted by molar-refractivity contribution is 0.111. The van der Waals surface area contributed by atoms with Gasteiger partial charge in [0.05, 0.1) is 0 Å². The van der Waals surface area contributed by atoms with Gasteiger partial charge in [0.2, 0.25) is 5.95 Å². The van der Waals surface area contributed by atoms with Crippen LogP contribution in [0.25, 0.3) is 0 Å². The van der Waals surface area contributed by atoms with Gasteiger partial charge in [0.1, 0.15) is 5.69 Å². The van der Waals surface area contributed by atoms with Crippen LogP contribution in [0.15, 0.2) is 35.1 Å². The minimum absolute atomic E-state index is 0. The quantitative estimate of drug-likeness (QED) is 0.827. The van der Waals surface area contributed by atoms with Crippen molar-refractivity contribution in [2.75, 3.05) is 5.73 Å². The first-order chi connectivity index (χ1) is 8.70. The number of anilines is 1. The highest BCUT2D eigenvalue weighted by Gasteiger charge is 2.09. The van der Waals surface area contributed by atoms with Gasteiger partial charge >= 0.3 is 0 Å². The number of nitrogens with zero attached hydrogens (tertiary/aromatic N) is 1. The van der Waals surface area contributed by atoms with Gasteiger partial charge in [-0.1, -0.05) is 30.3 Å². The van der Waals surface area contributed by atoms with Gasteiger partial charge in [0.15, 0.2) is 6.29 Å². The fourth-order valence-corrected chi connectivity index (χ4v) is 1.79. The molecule has 0 atom stereocenters. The van der Waals surface area contributed by atoms with Gasteiger partial charge < -0.3 is 5.73 Å². The maximum absolute atomic E-state index is 11.7. The number of hydrogen-bond donors (Lipinski definition) is 2. The fraction of sp³-hybridized carbons (Fsp3) is 0.154. The van der Waals surface area contributed by atoms with Gasteiger partial charge in [0, 0.05) is 5.56 Å². The van der Waals surface area contributed by atoms with Crippen molar-refractivity contribution in [3.8, 4) is 0 Å². The van der Waals surface area contributed by atoms with Gasteiger partial charge in [0.25, 0.3) is 5.56 Å². The van der Waals surface area contributed by atoms with Crippen LogP contribution in [0.3, 0.4) is 0 Å². The molecule has 1 aromatic carbocycles. The number of nitrogens with two attached hydrogens (primary N) is 1. The Morgan fingerprint density at radius 3 is 2.53 bits per heavy atom. The van der Waals surface area contributed by atoms with Crippen molar-refractivity contribution in [1.82, 2.24) is 9.97 Å². The zero-order valence-corrected chi connectivity index (χ0v) is 10.9. The molecule has 0 unspecified atom stereocenters. The molecule has 0 aliphatic heterocycles. The van der Waals surface area contributed by atoms with E-state index in [1.807, 2.05) is 30.3 Å². The fourth-order valence-electron chi connectivity index (χ4n) is 1.79. The molecule has 19 heavy (non-hydrogen) atoms. The number of aldehydes is 1. The lowest BCUT2D eigenvalue weighted by atomic mass is 10.0. The molecule has 0 aliphatic carbocycles. The largest absolute Gasteiger partial charge is 0.369 e. The first-order valence-electron chi connectivity index (χ1n) is 5.58. The zero-order chi connectivity index (χ0) is 13.0. The van der Waals surface area contributed by atoms with Crippen LogP contribution < -0.4 is 11.3 Å². The van der Waals surface area contributed by atoms with E-state index in [0.29, 0.717) is 24.7 Å². The van der Waals surface area contributed by atoms with E-state index >= 15 is 0 Å². The van der Waals surface area contributed by atoms with E-state index in [9.17, 15) is 9.59 Å². The van der Waals surface area contributed by atoms with Gasteiger partial charge in [-0.25, -0.2) is 4.98 Å². The number of aromatic nitrogens is 2. The Kier molecular flexibility index (Phi) is 5.26. The van der Waals surface area contributed by atoms with Crippen molar-refractivity contribution in [1.29, 1.82) is 0 Å².